The summed E-state index contributed by atoms with van der Waals surface area (Å²) in [7, 11) is 0. The van der Waals surface area contributed by atoms with E-state index in [1.807, 2.05) is 18.3 Å². The fraction of sp³-hybridized carbons (Fsp3) is 0.286. The van der Waals surface area contributed by atoms with Crippen LogP contribution in [-0.2, 0) is 9.59 Å². The molecule has 19 heavy (non-hydrogen) atoms. The van der Waals surface area contributed by atoms with E-state index in [0.717, 1.165) is 13.1 Å². The Kier molecular flexibility index (Phi) is 4.69. The molecule has 2 aromatic rings. The van der Waals surface area contributed by atoms with Crippen molar-refractivity contribution in [3.8, 4) is 0 Å². The lowest BCUT2D eigenvalue weighted by Crippen LogP contribution is -2.46. The summed E-state index contributed by atoms with van der Waals surface area (Å²) in [5.74, 6) is -0.401. The van der Waals surface area contributed by atoms with Crippen LogP contribution >= 0.6 is 0 Å². The van der Waals surface area contributed by atoms with Crippen LogP contribution in [0, 0.1) is 0 Å². The molecule has 0 atom stereocenters. The first-order chi connectivity index (χ1) is 9.31. The molecule has 2 heterocycles. The van der Waals surface area contributed by atoms with Crippen molar-refractivity contribution in [2.24, 2.45) is 0 Å². The minimum absolute atomic E-state index is 0.366. The van der Waals surface area contributed by atoms with Gasteiger partial charge in [0.05, 0.1) is 0 Å². The summed E-state index contributed by atoms with van der Waals surface area (Å²) in [4.78, 5) is 25.4. The molecular formula is C14H17N3O2. The molecule has 0 saturated carbocycles. The summed E-state index contributed by atoms with van der Waals surface area (Å²) in [6.45, 7) is 2.88. The number of para-hydroxylation sites is 1. The lowest BCUT2D eigenvalue weighted by Gasteiger charge is -2.25. The molecule has 1 aromatic heterocycles. The van der Waals surface area contributed by atoms with Crippen molar-refractivity contribution in [1.82, 2.24) is 15.2 Å². The Morgan fingerprint density at radius 3 is 2.58 bits per heavy atom. The third kappa shape index (κ3) is 3.66. The van der Waals surface area contributed by atoms with Crippen molar-refractivity contribution in [2.75, 3.05) is 26.2 Å². The Labute approximate surface area is 111 Å². The van der Waals surface area contributed by atoms with Crippen LogP contribution in [0.25, 0.3) is 10.9 Å². The molecule has 0 bridgehead atoms. The molecule has 0 radical (unpaired) electrons. The Morgan fingerprint density at radius 2 is 1.89 bits per heavy atom. The highest BCUT2D eigenvalue weighted by Gasteiger charge is 2.13. The largest absolute Gasteiger partial charge is 0.361 e. The van der Waals surface area contributed by atoms with Crippen LogP contribution in [0.5, 0.6) is 0 Å². The second-order valence-electron chi connectivity index (χ2n) is 4.26. The van der Waals surface area contributed by atoms with Crippen molar-refractivity contribution in [3.05, 3.63) is 36.5 Å². The number of nitrogens with zero attached hydrogens (tertiary/aromatic N) is 1. The predicted molar refractivity (Wildman–Crippen MR) is 73.8 cm³/mol. The maximum absolute atomic E-state index is 10.7. The van der Waals surface area contributed by atoms with Crippen LogP contribution in [0.2, 0.25) is 0 Å². The fourth-order valence-corrected chi connectivity index (χ4v) is 1.95. The summed E-state index contributed by atoms with van der Waals surface area (Å²) < 4.78 is 0. The molecule has 1 aliphatic heterocycles. The molecule has 2 N–H and O–H groups in total. The van der Waals surface area contributed by atoms with Crippen LogP contribution in [0.1, 0.15) is 0 Å². The number of benzene rings is 1. The monoisotopic (exact) mass is 259 g/mol. The van der Waals surface area contributed by atoms with Crippen LogP contribution in [0.3, 0.4) is 0 Å². The number of fused-ring (bicyclic) bond motifs is 1. The predicted octanol–water partition coefficient (Wildman–Crippen LogP) is 0.785. The number of hydrogen-bond acceptors (Lipinski definition) is 3. The molecular weight excluding hydrogens is 242 g/mol. The van der Waals surface area contributed by atoms with Gasteiger partial charge >= 0.3 is 0 Å². The van der Waals surface area contributed by atoms with Gasteiger partial charge < -0.3 is 15.2 Å². The number of carbonyl (C=O) groups is 2. The molecule has 0 aliphatic carbocycles. The molecule has 1 amide bonds. The van der Waals surface area contributed by atoms with E-state index in [0.29, 0.717) is 19.4 Å². The summed E-state index contributed by atoms with van der Waals surface area (Å²) in [6.07, 6.45) is 2.32. The average Bonchev–Trinajstić information content (AvgIpc) is 2.96. The number of aldehydes is 1. The molecule has 100 valence electrons. The van der Waals surface area contributed by atoms with Crippen molar-refractivity contribution in [1.29, 1.82) is 0 Å². The standard InChI is InChI=1S/C8H7N.C6H10N2O2/c1-2-4-8-7(3-1)5-6-9-8;9-5-6(10)8-3-1-7-2-4-8/h1-6,9H;5,7H,1-4H2. The van der Waals surface area contributed by atoms with Crippen LogP contribution in [0.15, 0.2) is 36.5 Å². The number of aromatic nitrogens is 1. The minimum Gasteiger partial charge on any atom is -0.361 e. The van der Waals surface area contributed by atoms with Crippen molar-refractivity contribution in [3.63, 3.8) is 0 Å². The van der Waals surface area contributed by atoms with E-state index in [1.165, 1.54) is 10.9 Å². The molecule has 5 nitrogen and oxygen atoms in total. The smallest absolute Gasteiger partial charge is 0.286 e. The zero-order chi connectivity index (χ0) is 13.5. The Balaban J connectivity index is 0.000000141. The number of amides is 1. The van der Waals surface area contributed by atoms with Crippen molar-refractivity contribution >= 4 is 23.1 Å². The molecule has 1 aliphatic rings. The van der Waals surface area contributed by atoms with Gasteiger partial charge in [-0.05, 0) is 17.5 Å². The maximum Gasteiger partial charge on any atom is 0.286 e. The third-order valence-electron chi connectivity index (χ3n) is 2.99. The molecule has 3 rings (SSSR count). The van der Waals surface area contributed by atoms with Gasteiger partial charge in [0.2, 0.25) is 6.29 Å². The highest BCUT2D eigenvalue weighted by molar-refractivity contribution is 6.23. The van der Waals surface area contributed by atoms with E-state index in [9.17, 15) is 9.59 Å². The number of H-pyrrole nitrogens is 1. The van der Waals surface area contributed by atoms with Gasteiger partial charge in [0.15, 0.2) is 0 Å². The number of aromatic amines is 1. The van der Waals surface area contributed by atoms with Crippen molar-refractivity contribution in [2.45, 2.75) is 0 Å². The lowest BCUT2D eigenvalue weighted by atomic mass is 10.3. The number of nitrogens with one attached hydrogen (secondary N) is 2. The topological polar surface area (TPSA) is 65.2 Å². The SMILES string of the molecule is O=CC(=O)N1CCNCC1.c1ccc2[nH]ccc2c1. The number of piperazine rings is 1. The number of carbonyl (C=O) groups excluding carboxylic acids is 2. The summed E-state index contributed by atoms with van der Waals surface area (Å²) in [5.41, 5.74) is 1.21. The second kappa shape index (κ2) is 6.70. The van der Waals surface area contributed by atoms with E-state index in [1.54, 1.807) is 4.90 Å². The molecule has 1 saturated heterocycles. The zero-order valence-electron chi connectivity index (χ0n) is 10.6. The third-order valence-corrected chi connectivity index (χ3v) is 2.99. The quantitative estimate of drug-likeness (QED) is 0.587. The van der Waals surface area contributed by atoms with Gasteiger partial charge in [0.25, 0.3) is 5.91 Å². The first kappa shape index (κ1) is 13.3. The summed E-state index contributed by atoms with van der Waals surface area (Å²) in [5, 5.41) is 4.36. The molecule has 1 aromatic carbocycles. The van der Waals surface area contributed by atoms with Gasteiger partial charge in [-0.2, -0.15) is 0 Å². The minimum atomic E-state index is -0.401. The van der Waals surface area contributed by atoms with Gasteiger partial charge in [-0.1, -0.05) is 18.2 Å². The first-order valence-electron chi connectivity index (χ1n) is 6.28. The van der Waals surface area contributed by atoms with Gasteiger partial charge in [-0.15, -0.1) is 0 Å². The van der Waals surface area contributed by atoms with Crippen LogP contribution < -0.4 is 5.32 Å². The van der Waals surface area contributed by atoms with Gasteiger partial charge in [-0.25, -0.2) is 0 Å². The maximum atomic E-state index is 10.7. The zero-order valence-corrected chi connectivity index (χ0v) is 10.6. The first-order valence-corrected chi connectivity index (χ1v) is 6.28. The summed E-state index contributed by atoms with van der Waals surface area (Å²) in [6, 6.07) is 10.3. The van der Waals surface area contributed by atoms with Gasteiger partial charge in [0.1, 0.15) is 0 Å². The summed E-state index contributed by atoms with van der Waals surface area (Å²) >= 11 is 0. The fourth-order valence-electron chi connectivity index (χ4n) is 1.95. The highest BCUT2D eigenvalue weighted by atomic mass is 16.2. The van der Waals surface area contributed by atoms with Crippen molar-refractivity contribution < 1.29 is 9.59 Å². The number of rotatable bonds is 1. The average molecular weight is 259 g/mol. The molecule has 1 fully saturated rings. The van der Waals surface area contributed by atoms with E-state index < -0.39 is 5.91 Å². The Hall–Kier alpha value is -2.14. The highest BCUT2D eigenvalue weighted by Crippen LogP contribution is 2.09. The van der Waals surface area contributed by atoms with E-state index in [4.69, 9.17) is 0 Å². The molecule has 0 unspecified atom stereocenters. The van der Waals surface area contributed by atoms with Crippen LogP contribution in [0.4, 0.5) is 0 Å². The van der Waals surface area contributed by atoms with E-state index in [-0.39, 0.29) is 0 Å². The van der Waals surface area contributed by atoms with Gasteiger partial charge in [0, 0.05) is 37.9 Å². The Morgan fingerprint density at radius 1 is 1.16 bits per heavy atom. The van der Waals surface area contributed by atoms with E-state index >= 15 is 0 Å². The molecule has 5 heteroatoms. The Bertz CT molecular complexity index is 514. The number of hydrogen-bond donors (Lipinski definition) is 2. The molecule has 0 spiro atoms. The lowest BCUT2D eigenvalue weighted by molar-refractivity contribution is -0.139. The van der Waals surface area contributed by atoms with Crippen LogP contribution in [-0.4, -0.2) is 48.3 Å². The van der Waals surface area contributed by atoms with Gasteiger partial charge in [-0.3, -0.25) is 9.59 Å². The second-order valence-corrected chi connectivity index (χ2v) is 4.26. The normalized spacial score (nSPS) is 14.6. The van der Waals surface area contributed by atoms with E-state index in [2.05, 4.69) is 28.5 Å².